The lowest BCUT2D eigenvalue weighted by Gasteiger charge is -2.23. The van der Waals surface area contributed by atoms with E-state index in [1.807, 2.05) is 35.9 Å². The number of carbonyl (C=O) groups excluding carboxylic acids is 1. The Morgan fingerprint density at radius 1 is 1.42 bits per heavy atom. The van der Waals surface area contributed by atoms with E-state index in [2.05, 4.69) is 20.7 Å². The lowest BCUT2D eigenvalue weighted by atomic mass is 10.1. The maximum Gasteiger partial charge on any atom is 0.315 e. The van der Waals surface area contributed by atoms with Gasteiger partial charge in [-0.15, -0.1) is 0 Å². The van der Waals surface area contributed by atoms with Crippen molar-refractivity contribution in [2.45, 2.75) is 45.2 Å². The predicted molar refractivity (Wildman–Crippen MR) is 93.0 cm³/mol. The lowest BCUT2D eigenvalue weighted by molar-refractivity contribution is 0.232. The van der Waals surface area contributed by atoms with Crippen LogP contribution in [0.15, 0.2) is 24.3 Å². The zero-order valence-electron chi connectivity index (χ0n) is 13.8. The fourth-order valence-corrected chi connectivity index (χ4v) is 3.23. The second-order valence-corrected chi connectivity index (χ2v) is 6.44. The zero-order chi connectivity index (χ0) is 16.9. The summed E-state index contributed by atoms with van der Waals surface area (Å²) in [6.07, 6.45) is 3.58. The number of nitrogens with one attached hydrogen (secondary N) is 2. The van der Waals surface area contributed by atoms with Gasteiger partial charge in [-0.25, -0.2) is 14.5 Å². The van der Waals surface area contributed by atoms with Gasteiger partial charge in [0.15, 0.2) is 0 Å². The Hall–Kier alpha value is -2.08. The quantitative estimate of drug-likeness (QED) is 0.817. The molecule has 0 aliphatic carbocycles. The number of carbonyl (C=O) groups is 1. The SMILES string of the molecule is Cc1nc2n(n1)CCCC2NC(=O)NCCCc1ccccc1Cl. The molecule has 2 heterocycles. The third-order valence-electron chi connectivity index (χ3n) is 4.15. The Balaban J connectivity index is 1.44. The van der Waals surface area contributed by atoms with Crippen molar-refractivity contribution in [3.8, 4) is 0 Å². The molecule has 7 heteroatoms. The highest BCUT2D eigenvalue weighted by Crippen LogP contribution is 2.22. The van der Waals surface area contributed by atoms with Crippen molar-refractivity contribution in [3.63, 3.8) is 0 Å². The molecule has 2 N–H and O–H groups in total. The highest BCUT2D eigenvalue weighted by molar-refractivity contribution is 6.31. The molecule has 1 unspecified atom stereocenters. The Kier molecular flexibility index (Phi) is 5.35. The van der Waals surface area contributed by atoms with Crippen LogP contribution in [0.1, 0.15) is 42.5 Å². The largest absolute Gasteiger partial charge is 0.338 e. The fraction of sp³-hybridized carbons (Fsp3) is 0.471. The number of hydrogen-bond acceptors (Lipinski definition) is 3. The van der Waals surface area contributed by atoms with Crippen molar-refractivity contribution < 1.29 is 4.79 Å². The van der Waals surface area contributed by atoms with E-state index in [9.17, 15) is 4.79 Å². The summed E-state index contributed by atoms with van der Waals surface area (Å²) in [5, 5.41) is 11.0. The monoisotopic (exact) mass is 347 g/mol. The molecule has 6 nitrogen and oxygen atoms in total. The Morgan fingerprint density at radius 2 is 2.25 bits per heavy atom. The summed E-state index contributed by atoms with van der Waals surface area (Å²) in [5.41, 5.74) is 1.11. The average Bonchev–Trinajstić information content (AvgIpc) is 2.94. The van der Waals surface area contributed by atoms with Gasteiger partial charge in [-0.05, 0) is 44.2 Å². The van der Waals surface area contributed by atoms with E-state index in [4.69, 9.17) is 11.6 Å². The summed E-state index contributed by atoms with van der Waals surface area (Å²) in [5.74, 6) is 1.60. The summed E-state index contributed by atoms with van der Waals surface area (Å²) in [7, 11) is 0. The normalized spacial score (nSPS) is 16.5. The molecular formula is C17H22ClN5O. The molecule has 2 aromatic rings. The first kappa shape index (κ1) is 16.8. The van der Waals surface area contributed by atoms with E-state index in [-0.39, 0.29) is 12.1 Å². The number of rotatable bonds is 5. The Morgan fingerprint density at radius 3 is 3.08 bits per heavy atom. The molecule has 1 aromatic heterocycles. The molecule has 0 fully saturated rings. The summed E-state index contributed by atoms with van der Waals surface area (Å²) in [4.78, 5) is 16.5. The number of fused-ring (bicyclic) bond motifs is 1. The summed E-state index contributed by atoms with van der Waals surface area (Å²) < 4.78 is 1.89. The minimum absolute atomic E-state index is 0.0662. The molecule has 0 radical (unpaired) electrons. The molecule has 1 aromatic carbocycles. The smallest absolute Gasteiger partial charge is 0.315 e. The molecule has 1 atom stereocenters. The molecule has 2 amide bonds. The van der Waals surface area contributed by atoms with Crippen LogP contribution in [0.2, 0.25) is 5.02 Å². The molecule has 24 heavy (non-hydrogen) atoms. The molecule has 0 saturated heterocycles. The van der Waals surface area contributed by atoms with Crippen molar-refractivity contribution in [2.24, 2.45) is 0 Å². The van der Waals surface area contributed by atoms with Crippen LogP contribution in [0.25, 0.3) is 0 Å². The molecule has 3 rings (SSSR count). The van der Waals surface area contributed by atoms with Crippen LogP contribution in [-0.2, 0) is 13.0 Å². The van der Waals surface area contributed by atoms with E-state index in [0.717, 1.165) is 54.5 Å². The van der Waals surface area contributed by atoms with Crippen LogP contribution in [0.5, 0.6) is 0 Å². The number of benzene rings is 1. The van der Waals surface area contributed by atoms with Gasteiger partial charge in [0.1, 0.15) is 11.6 Å². The van der Waals surface area contributed by atoms with E-state index in [0.29, 0.717) is 6.54 Å². The van der Waals surface area contributed by atoms with Gasteiger partial charge >= 0.3 is 6.03 Å². The van der Waals surface area contributed by atoms with E-state index in [1.165, 1.54) is 0 Å². The highest BCUT2D eigenvalue weighted by atomic mass is 35.5. The van der Waals surface area contributed by atoms with Crippen molar-refractivity contribution in [3.05, 3.63) is 46.5 Å². The summed E-state index contributed by atoms with van der Waals surface area (Å²) in [6, 6.07) is 7.57. The molecule has 128 valence electrons. The summed E-state index contributed by atoms with van der Waals surface area (Å²) in [6.45, 7) is 3.35. The number of halogens is 1. The van der Waals surface area contributed by atoms with E-state index < -0.39 is 0 Å². The van der Waals surface area contributed by atoms with Gasteiger partial charge in [-0.3, -0.25) is 0 Å². The lowest BCUT2D eigenvalue weighted by Crippen LogP contribution is -2.40. The van der Waals surface area contributed by atoms with Gasteiger partial charge < -0.3 is 10.6 Å². The fourth-order valence-electron chi connectivity index (χ4n) is 3.00. The second kappa shape index (κ2) is 7.66. The number of nitrogens with zero attached hydrogens (tertiary/aromatic N) is 3. The molecule has 1 aliphatic heterocycles. The van der Waals surface area contributed by atoms with Crippen LogP contribution in [0, 0.1) is 6.92 Å². The second-order valence-electron chi connectivity index (χ2n) is 6.03. The molecule has 0 spiro atoms. The maximum absolute atomic E-state index is 12.1. The van der Waals surface area contributed by atoms with Crippen LogP contribution >= 0.6 is 11.6 Å². The van der Waals surface area contributed by atoms with Crippen LogP contribution < -0.4 is 10.6 Å². The zero-order valence-corrected chi connectivity index (χ0v) is 14.5. The summed E-state index contributed by atoms with van der Waals surface area (Å²) >= 11 is 6.13. The van der Waals surface area contributed by atoms with E-state index in [1.54, 1.807) is 0 Å². The van der Waals surface area contributed by atoms with Gasteiger partial charge in [0, 0.05) is 18.1 Å². The van der Waals surface area contributed by atoms with Gasteiger partial charge in [0.25, 0.3) is 0 Å². The number of aryl methyl sites for hydroxylation is 3. The number of hydrogen-bond donors (Lipinski definition) is 2. The third-order valence-corrected chi connectivity index (χ3v) is 4.52. The highest BCUT2D eigenvalue weighted by Gasteiger charge is 2.24. The molecular weight excluding hydrogens is 326 g/mol. The average molecular weight is 348 g/mol. The Labute approximate surface area is 146 Å². The van der Waals surface area contributed by atoms with Crippen molar-refractivity contribution in [1.82, 2.24) is 25.4 Å². The van der Waals surface area contributed by atoms with Gasteiger partial charge in [0.2, 0.25) is 0 Å². The first-order valence-electron chi connectivity index (χ1n) is 8.32. The number of amides is 2. The van der Waals surface area contributed by atoms with Crippen LogP contribution in [0.3, 0.4) is 0 Å². The van der Waals surface area contributed by atoms with Gasteiger partial charge in [0.05, 0.1) is 6.04 Å². The van der Waals surface area contributed by atoms with Gasteiger partial charge in [-0.1, -0.05) is 29.8 Å². The van der Waals surface area contributed by atoms with Crippen molar-refractivity contribution in [1.29, 1.82) is 0 Å². The third kappa shape index (κ3) is 4.06. The molecule has 0 saturated carbocycles. The van der Waals surface area contributed by atoms with Crippen LogP contribution in [0.4, 0.5) is 4.79 Å². The predicted octanol–water partition coefficient (Wildman–Crippen LogP) is 3.01. The van der Waals surface area contributed by atoms with Crippen molar-refractivity contribution >= 4 is 17.6 Å². The maximum atomic E-state index is 12.1. The molecule has 1 aliphatic rings. The van der Waals surface area contributed by atoms with Gasteiger partial charge in [-0.2, -0.15) is 5.10 Å². The minimum Gasteiger partial charge on any atom is -0.338 e. The van der Waals surface area contributed by atoms with Crippen molar-refractivity contribution in [2.75, 3.05) is 6.54 Å². The minimum atomic E-state index is -0.159. The number of aromatic nitrogens is 3. The molecule has 0 bridgehead atoms. The topological polar surface area (TPSA) is 71.8 Å². The first-order valence-corrected chi connectivity index (χ1v) is 8.70. The Bertz CT molecular complexity index is 715. The van der Waals surface area contributed by atoms with Crippen LogP contribution in [-0.4, -0.2) is 27.3 Å². The standard InChI is InChI=1S/C17H22ClN5O/c1-12-20-16-15(9-5-11-23(16)22-12)21-17(24)19-10-4-7-13-6-2-3-8-14(13)18/h2-3,6,8,15H,4-5,7,9-11H2,1H3,(H2,19,21,24). The number of urea groups is 1. The van der Waals surface area contributed by atoms with E-state index >= 15 is 0 Å². The first-order chi connectivity index (χ1) is 11.6.